The second kappa shape index (κ2) is 6.07. The van der Waals surface area contributed by atoms with Crippen LogP contribution in [0.3, 0.4) is 0 Å². The maximum Gasteiger partial charge on any atom is 0.232 e. The third kappa shape index (κ3) is 2.85. The number of fused-ring (bicyclic) bond motifs is 1. The second-order valence-electron chi connectivity index (χ2n) is 5.29. The normalized spacial score (nSPS) is 14.8. The zero-order valence-electron chi connectivity index (χ0n) is 12.3. The van der Waals surface area contributed by atoms with Gasteiger partial charge in [-0.1, -0.05) is 44.0 Å². The lowest BCUT2D eigenvalue weighted by Crippen LogP contribution is -1.97. The van der Waals surface area contributed by atoms with E-state index in [0.717, 1.165) is 20.3 Å². The summed E-state index contributed by atoms with van der Waals surface area (Å²) in [6, 6.07) is 16.9. The molecule has 0 radical (unpaired) electrons. The Labute approximate surface area is 155 Å². The molecule has 0 spiro atoms. The Morgan fingerprint density at radius 2 is 1.75 bits per heavy atom. The van der Waals surface area contributed by atoms with E-state index < -0.39 is 0 Å². The Bertz CT molecular complexity index is 986. The van der Waals surface area contributed by atoms with E-state index in [1.54, 1.807) is 18.2 Å². The molecule has 118 valence electrons. The van der Waals surface area contributed by atoms with Gasteiger partial charge in [-0.2, -0.15) is 0 Å². The fourth-order valence-electron chi connectivity index (χ4n) is 2.52. The standard InChI is InChI=1S/C19H10Br2O3/c20-12-3-1-2-11(8-12)16-7-5-14(23-16)10-18-19(22)15-9-13(21)4-6-17(15)24-18/h1-10H. The first-order chi connectivity index (χ1) is 11.6. The number of furan rings is 1. The van der Waals surface area contributed by atoms with Gasteiger partial charge in [0.1, 0.15) is 17.3 Å². The molecule has 0 bridgehead atoms. The summed E-state index contributed by atoms with van der Waals surface area (Å²) in [7, 11) is 0. The molecule has 2 aromatic carbocycles. The SMILES string of the molecule is O=C1C(=Cc2ccc(-c3cccc(Br)c3)o2)Oc2ccc(Br)cc21. The maximum absolute atomic E-state index is 12.4. The molecule has 1 aromatic heterocycles. The van der Waals surface area contributed by atoms with Gasteiger partial charge in [0.05, 0.1) is 5.56 Å². The molecule has 1 aliphatic rings. The number of halogens is 2. The second-order valence-corrected chi connectivity index (χ2v) is 7.12. The lowest BCUT2D eigenvalue weighted by atomic mass is 10.1. The number of allylic oxidation sites excluding steroid dienone is 1. The molecule has 5 heteroatoms. The summed E-state index contributed by atoms with van der Waals surface area (Å²) in [5.74, 6) is 1.98. The molecule has 0 fully saturated rings. The van der Waals surface area contributed by atoms with E-state index in [-0.39, 0.29) is 11.5 Å². The van der Waals surface area contributed by atoms with Gasteiger partial charge in [-0.25, -0.2) is 0 Å². The summed E-state index contributed by atoms with van der Waals surface area (Å²) in [5.41, 5.74) is 1.51. The van der Waals surface area contributed by atoms with Crippen molar-refractivity contribution in [1.82, 2.24) is 0 Å². The van der Waals surface area contributed by atoms with Crippen molar-refractivity contribution in [1.29, 1.82) is 0 Å². The fraction of sp³-hybridized carbons (Fsp3) is 0. The molecule has 0 saturated heterocycles. The lowest BCUT2D eigenvalue weighted by Gasteiger charge is -1.98. The predicted octanol–water partition coefficient (Wildman–Crippen LogP) is 6.09. The Morgan fingerprint density at radius 1 is 0.917 bits per heavy atom. The van der Waals surface area contributed by atoms with Crippen LogP contribution in [-0.4, -0.2) is 5.78 Å². The number of hydrogen-bond acceptors (Lipinski definition) is 3. The molecule has 0 aliphatic carbocycles. The van der Waals surface area contributed by atoms with E-state index in [1.807, 2.05) is 42.5 Å². The molecule has 0 atom stereocenters. The van der Waals surface area contributed by atoms with Crippen LogP contribution in [0.2, 0.25) is 0 Å². The van der Waals surface area contributed by atoms with E-state index in [2.05, 4.69) is 31.9 Å². The largest absolute Gasteiger partial charge is 0.457 e. The third-order valence-electron chi connectivity index (χ3n) is 3.64. The van der Waals surface area contributed by atoms with Gasteiger partial charge in [-0.15, -0.1) is 0 Å². The van der Waals surface area contributed by atoms with Crippen molar-refractivity contribution in [3.05, 3.63) is 80.6 Å². The summed E-state index contributed by atoms with van der Waals surface area (Å²) in [6.45, 7) is 0. The molecule has 0 N–H and O–H groups in total. The molecular weight excluding hydrogens is 436 g/mol. The molecule has 0 amide bonds. The van der Waals surface area contributed by atoms with Crippen molar-refractivity contribution in [2.45, 2.75) is 0 Å². The van der Waals surface area contributed by atoms with Gasteiger partial charge in [-0.3, -0.25) is 4.79 Å². The monoisotopic (exact) mass is 444 g/mol. The first-order valence-electron chi connectivity index (χ1n) is 7.20. The zero-order chi connectivity index (χ0) is 16.7. The Morgan fingerprint density at radius 3 is 2.58 bits per heavy atom. The molecule has 0 saturated carbocycles. The van der Waals surface area contributed by atoms with Gasteiger partial charge in [-0.05, 0) is 42.5 Å². The van der Waals surface area contributed by atoms with Gasteiger partial charge in [0.15, 0.2) is 5.76 Å². The maximum atomic E-state index is 12.4. The van der Waals surface area contributed by atoms with E-state index in [9.17, 15) is 4.79 Å². The van der Waals surface area contributed by atoms with Crippen LogP contribution in [0.5, 0.6) is 5.75 Å². The van der Waals surface area contributed by atoms with Crippen LogP contribution in [0.4, 0.5) is 0 Å². The first kappa shape index (κ1) is 15.4. The van der Waals surface area contributed by atoms with Crippen LogP contribution in [0, 0.1) is 0 Å². The topological polar surface area (TPSA) is 39.4 Å². The minimum atomic E-state index is -0.147. The Kier molecular flexibility index (Phi) is 3.90. The minimum Gasteiger partial charge on any atom is -0.457 e. The van der Waals surface area contributed by atoms with E-state index in [1.165, 1.54) is 0 Å². The number of carbonyl (C=O) groups excluding carboxylic acids is 1. The number of ether oxygens (including phenoxy) is 1. The first-order valence-corrected chi connectivity index (χ1v) is 8.78. The highest BCUT2D eigenvalue weighted by atomic mass is 79.9. The number of ketones is 1. The smallest absolute Gasteiger partial charge is 0.232 e. The predicted molar refractivity (Wildman–Crippen MR) is 98.9 cm³/mol. The molecule has 4 rings (SSSR count). The molecule has 24 heavy (non-hydrogen) atoms. The Hall–Kier alpha value is -2.11. The van der Waals surface area contributed by atoms with Crippen LogP contribution in [-0.2, 0) is 0 Å². The summed E-state index contributed by atoms with van der Waals surface area (Å²) in [4.78, 5) is 12.4. The van der Waals surface area contributed by atoms with Gasteiger partial charge >= 0.3 is 0 Å². The third-order valence-corrected chi connectivity index (χ3v) is 4.63. The molecule has 0 unspecified atom stereocenters. The van der Waals surface area contributed by atoms with Crippen LogP contribution < -0.4 is 4.74 Å². The lowest BCUT2D eigenvalue weighted by molar-refractivity contribution is 0.101. The van der Waals surface area contributed by atoms with Crippen molar-refractivity contribution in [3.8, 4) is 17.1 Å². The number of carbonyl (C=O) groups is 1. The minimum absolute atomic E-state index is 0.147. The quantitative estimate of drug-likeness (QED) is 0.448. The zero-order valence-corrected chi connectivity index (χ0v) is 15.4. The van der Waals surface area contributed by atoms with Gasteiger partial charge in [0.2, 0.25) is 5.78 Å². The summed E-state index contributed by atoms with van der Waals surface area (Å²) in [5, 5.41) is 0. The number of rotatable bonds is 2. The van der Waals surface area contributed by atoms with Crippen molar-refractivity contribution in [2.75, 3.05) is 0 Å². The number of hydrogen-bond donors (Lipinski definition) is 0. The average Bonchev–Trinajstić information content (AvgIpc) is 3.14. The highest BCUT2D eigenvalue weighted by Gasteiger charge is 2.27. The number of benzene rings is 2. The molecule has 3 nitrogen and oxygen atoms in total. The summed E-state index contributed by atoms with van der Waals surface area (Å²) >= 11 is 6.81. The van der Waals surface area contributed by atoms with Gasteiger partial charge < -0.3 is 9.15 Å². The highest BCUT2D eigenvalue weighted by Crippen LogP contribution is 2.34. The van der Waals surface area contributed by atoms with Crippen LogP contribution in [0.1, 0.15) is 16.1 Å². The van der Waals surface area contributed by atoms with E-state index >= 15 is 0 Å². The van der Waals surface area contributed by atoms with Crippen molar-refractivity contribution in [3.63, 3.8) is 0 Å². The van der Waals surface area contributed by atoms with Crippen LogP contribution in [0.15, 0.2) is 73.7 Å². The summed E-state index contributed by atoms with van der Waals surface area (Å²) in [6.07, 6.45) is 1.62. The number of Topliss-reactive ketones (excluding diaryl/α,β-unsaturated/α-hetero) is 1. The van der Waals surface area contributed by atoms with Crippen molar-refractivity contribution < 1.29 is 13.9 Å². The molecule has 2 heterocycles. The van der Waals surface area contributed by atoms with E-state index in [4.69, 9.17) is 9.15 Å². The molecule has 3 aromatic rings. The highest BCUT2D eigenvalue weighted by molar-refractivity contribution is 9.10. The summed E-state index contributed by atoms with van der Waals surface area (Å²) < 4.78 is 13.3. The van der Waals surface area contributed by atoms with E-state index in [0.29, 0.717) is 17.1 Å². The van der Waals surface area contributed by atoms with Crippen molar-refractivity contribution in [2.24, 2.45) is 0 Å². The van der Waals surface area contributed by atoms with Crippen LogP contribution in [0.25, 0.3) is 17.4 Å². The van der Waals surface area contributed by atoms with Crippen LogP contribution >= 0.6 is 31.9 Å². The molecular formula is C19H10Br2O3. The van der Waals surface area contributed by atoms with Gasteiger partial charge in [0, 0.05) is 20.6 Å². The fourth-order valence-corrected chi connectivity index (χ4v) is 3.28. The average molecular weight is 446 g/mol. The molecule has 1 aliphatic heterocycles. The van der Waals surface area contributed by atoms with Gasteiger partial charge in [0.25, 0.3) is 0 Å². The van der Waals surface area contributed by atoms with Crippen molar-refractivity contribution >= 4 is 43.7 Å². The Balaban J connectivity index is 1.65.